The normalized spacial score (nSPS) is 18.8. The Kier molecular flexibility index (Phi) is 3.81. The maximum atomic E-state index is 9.37. The Bertz CT molecular complexity index is 1240. The van der Waals surface area contributed by atoms with Crippen LogP contribution in [0.15, 0.2) is 103 Å². The van der Waals surface area contributed by atoms with Crippen molar-refractivity contribution in [3.63, 3.8) is 0 Å². The average Bonchev–Trinajstić information content (AvgIpc) is 2.78. The molecule has 1 atom stereocenters. The molecule has 28 heavy (non-hydrogen) atoms. The lowest BCUT2D eigenvalue weighted by atomic mass is 9.67. The minimum absolute atomic E-state index is 0.343. The van der Waals surface area contributed by atoms with Crippen LogP contribution in [0, 0.1) is 11.3 Å². The van der Waals surface area contributed by atoms with E-state index in [4.69, 9.17) is 4.98 Å². The fourth-order valence-electron chi connectivity index (χ4n) is 4.32. The van der Waals surface area contributed by atoms with Crippen LogP contribution in [0.25, 0.3) is 21.8 Å². The predicted octanol–water partition coefficient (Wildman–Crippen LogP) is 6.08. The SMILES string of the molecule is N#CC1=CCC(c2ccccc2)(c2c3ccccc3nc3ccccc23)C=C1. The highest BCUT2D eigenvalue weighted by Gasteiger charge is 2.35. The van der Waals surface area contributed by atoms with E-state index in [2.05, 4.69) is 78.9 Å². The minimum atomic E-state index is -0.343. The number of pyridine rings is 1. The molecule has 1 heterocycles. The van der Waals surface area contributed by atoms with E-state index in [0.717, 1.165) is 28.2 Å². The van der Waals surface area contributed by atoms with E-state index in [1.807, 2.05) is 24.3 Å². The van der Waals surface area contributed by atoms with E-state index in [0.29, 0.717) is 5.57 Å². The Hall–Kier alpha value is -3.70. The molecule has 5 rings (SSSR count). The van der Waals surface area contributed by atoms with Crippen molar-refractivity contribution in [2.45, 2.75) is 11.8 Å². The lowest BCUT2D eigenvalue weighted by molar-refractivity contribution is 0.656. The fraction of sp³-hybridized carbons (Fsp3) is 0.0769. The Labute approximate surface area is 164 Å². The van der Waals surface area contributed by atoms with E-state index in [1.54, 1.807) is 0 Å². The summed E-state index contributed by atoms with van der Waals surface area (Å²) >= 11 is 0. The van der Waals surface area contributed by atoms with Crippen molar-refractivity contribution >= 4 is 21.8 Å². The van der Waals surface area contributed by atoms with Gasteiger partial charge in [0, 0.05) is 21.8 Å². The molecule has 132 valence electrons. The Morgan fingerprint density at radius 1 is 0.786 bits per heavy atom. The highest BCUT2D eigenvalue weighted by Crippen LogP contribution is 2.45. The summed E-state index contributed by atoms with van der Waals surface area (Å²) in [6.45, 7) is 0. The first-order valence-electron chi connectivity index (χ1n) is 9.45. The molecule has 2 heteroatoms. The largest absolute Gasteiger partial charge is 0.248 e. The monoisotopic (exact) mass is 358 g/mol. The van der Waals surface area contributed by atoms with Gasteiger partial charge in [0.2, 0.25) is 0 Å². The van der Waals surface area contributed by atoms with Gasteiger partial charge in [-0.2, -0.15) is 5.26 Å². The maximum Gasteiger partial charge on any atom is 0.0988 e. The van der Waals surface area contributed by atoms with E-state index in [-0.39, 0.29) is 5.41 Å². The van der Waals surface area contributed by atoms with E-state index in [9.17, 15) is 5.26 Å². The highest BCUT2D eigenvalue weighted by atomic mass is 14.7. The van der Waals surface area contributed by atoms with Crippen molar-refractivity contribution in [1.82, 2.24) is 4.98 Å². The molecule has 0 aliphatic heterocycles. The molecule has 3 aromatic carbocycles. The second-order valence-electron chi connectivity index (χ2n) is 7.17. The Balaban J connectivity index is 1.93. The summed E-state index contributed by atoms with van der Waals surface area (Å²) in [7, 11) is 0. The van der Waals surface area contributed by atoms with Crippen molar-refractivity contribution < 1.29 is 0 Å². The first-order valence-corrected chi connectivity index (χ1v) is 9.45. The van der Waals surface area contributed by atoms with Gasteiger partial charge in [0.25, 0.3) is 0 Å². The zero-order chi connectivity index (χ0) is 19.0. The second kappa shape index (κ2) is 6.48. The number of allylic oxidation sites excluding steroid dienone is 4. The van der Waals surface area contributed by atoms with Crippen LogP contribution in [-0.2, 0) is 5.41 Å². The predicted molar refractivity (Wildman–Crippen MR) is 114 cm³/mol. The van der Waals surface area contributed by atoms with Gasteiger partial charge < -0.3 is 0 Å². The van der Waals surface area contributed by atoms with Gasteiger partial charge in [-0.25, -0.2) is 4.98 Å². The van der Waals surface area contributed by atoms with Crippen LogP contribution >= 0.6 is 0 Å². The van der Waals surface area contributed by atoms with Crippen molar-refractivity contribution in [3.05, 3.63) is 114 Å². The summed E-state index contributed by atoms with van der Waals surface area (Å²) < 4.78 is 0. The molecular weight excluding hydrogens is 340 g/mol. The topological polar surface area (TPSA) is 36.7 Å². The average molecular weight is 358 g/mol. The molecule has 0 saturated carbocycles. The van der Waals surface area contributed by atoms with Crippen LogP contribution < -0.4 is 0 Å². The fourth-order valence-corrected chi connectivity index (χ4v) is 4.32. The summed E-state index contributed by atoms with van der Waals surface area (Å²) in [5.74, 6) is 0. The van der Waals surface area contributed by atoms with Gasteiger partial charge in [-0.05, 0) is 35.8 Å². The molecule has 0 fully saturated rings. The van der Waals surface area contributed by atoms with Crippen LogP contribution in [0.3, 0.4) is 0 Å². The Morgan fingerprint density at radius 2 is 1.39 bits per heavy atom. The number of benzene rings is 3. The third-order valence-corrected chi connectivity index (χ3v) is 5.64. The molecule has 1 aliphatic carbocycles. The summed E-state index contributed by atoms with van der Waals surface area (Å²) in [6, 6.07) is 29.5. The molecular formula is C26H18N2. The summed E-state index contributed by atoms with van der Waals surface area (Å²) in [5, 5.41) is 11.7. The molecule has 2 nitrogen and oxygen atoms in total. The maximum absolute atomic E-state index is 9.37. The number of nitriles is 1. The van der Waals surface area contributed by atoms with E-state index >= 15 is 0 Å². The molecule has 0 N–H and O–H groups in total. The standard InChI is InChI=1S/C26H18N2/c27-18-19-14-16-26(17-15-19,20-8-2-1-3-9-20)25-21-10-4-6-12-23(21)28-24-13-7-5-11-22(24)25/h1-16H,17H2. The first kappa shape index (κ1) is 16.5. The van der Waals surface area contributed by atoms with Gasteiger partial charge in [-0.1, -0.05) is 78.9 Å². The number of fused-ring (bicyclic) bond motifs is 2. The molecule has 0 spiro atoms. The smallest absolute Gasteiger partial charge is 0.0988 e. The third kappa shape index (κ3) is 2.45. The van der Waals surface area contributed by atoms with Crippen LogP contribution in [-0.4, -0.2) is 4.98 Å². The van der Waals surface area contributed by atoms with E-state index < -0.39 is 0 Å². The van der Waals surface area contributed by atoms with Crippen molar-refractivity contribution in [2.75, 3.05) is 0 Å². The van der Waals surface area contributed by atoms with Gasteiger partial charge in [-0.15, -0.1) is 0 Å². The number of aromatic nitrogens is 1. The summed E-state index contributed by atoms with van der Waals surface area (Å²) in [5.41, 5.74) is 4.84. The zero-order valence-electron chi connectivity index (χ0n) is 15.3. The van der Waals surface area contributed by atoms with Crippen molar-refractivity contribution in [1.29, 1.82) is 5.26 Å². The number of para-hydroxylation sites is 2. The van der Waals surface area contributed by atoms with Gasteiger partial charge in [-0.3, -0.25) is 0 Å². The second-order valence-corrected chi connectivity index (χ2v) is 7.17. The number of hydrogen-bond acceptors (Lipinski definition) is 2. The molecule has 0 bridgehead atoms. The molecule has 0 radical (unpaired) electrons. The third-order valence-electron chi connectivity index (χ3n) is 5.64. The number of hydrogen-bond donors (Lipinski definition) is 0. The van der Waals surface area contributed by atoms with Crippen LogP contribution in [0.2, 0.25) is 0 Å². The minimum Gasteiger partial charge on any atom is -0.248 e. The highest BCUT2D eigenvalue weighted by molar-refractivity contribution is 5.99. The van der Waals surface area contributed by atoms with Crippen molar-refractivity contribution in [3.8, 4) is 6.07 Å². The molecule has 1 aromatic heterocycles. The molecule has 1 unspecified atom stereocenters. The summed E-state index contributed by atoms with van der Waals surface area (Å²) in [6.07, 6.45) is 6.96. The van der Waals surface area contributed by atoms with Crippen LogP contribution in [0.5, 0.6) is 0 Å². The van der Waals surface area contributed by atoms with E-state index in [1.165, 1.54) is 11.1 Å². The number of nitrogens with zero attached hydrogens (tertiary/aromatic N) is 2. The summed E-state index contributed by atoms with van der Waals surface area (Å²) in [4.78, 5) is 4.90. The molecule has 0 saturated heterocycles. The van der Waals surface area contributed by atoms with Crippen molar-refractivity contribution in [2.24, 2.45) is 0 Å². The van der Waals surface area contributed by atoms with Crippen LogP contribution in [0.1, 0.15) is 17.5 Å². The first-order chi connectivity index (χ1) is 13.8. The molecule has 1 aliphatic rings. The lowest BCUT2D eigenvalue weighted by Gasteiger charge is -2.35. The van der Waals surface area contributed by atoms with Gasteiger partial charge in [0.15, 0.2) is 0 Å². The van der Waals surface area contributed by atoms with Crippen LogP contribution in [0.4, 0.5) is 0 Å². The van der Waals surface area contributed by atoms with Gasteiger partial charge >= 0.3 is 0 Å². The van der Waals surface area contributed by atoms with Gasteiger partial charge in [0.05, 0.1) is 17.1 Å². The Morgan fingerprint density at radius 3 is 1.96 bits per heavy atom. The quantitative estimate of drug-likeness (QED) is 0.407. The van der Waals surface area contributed by atoms with Gasteiger partial charge in [0.1, 0.15) is 0 Å². The molecule has 0 amide bonds. The zero-order valence-corrected chi connectivity index (χ0v) is 15.3. The molecule has 4 aromatic rings. The lowest BCUT2D eigenvalue weighted by Crippen LogP contribution is -2.27. The number of rotatable bonds is 2.